The first-order valence-corrected chi connectivity index (χ1v) is 11.9. The normalized spacial score (nSPS) is 30.7. The molecule has 162 valence electrons. The average Bonchev–Trinajstić information content (AvgIpc) is 2.62. The van der Waals surface area contributed by atoms with Gasteiger partial charge < -0.3 is 0 Å². The summed E-state index contributed by atoms with van der Waals surface area (Å²) in [4.78, 5) is 0. The minimum Gasteiger partial charge on any atom is -0.211 e. The molecule has 0 amide bonds. The third kappa shape index (κ3) is 7.30. The SMILES string of the molecule is CC1CCC/C(=C/C=C2\CCCC(C)(C)C2CCC(C)C(C)CCC(F)F)C1. The van der Waals surface area contributed by atoms with Gasteiger partial charge in [-0.25, -0.2) is 8.78 Å². The molecule has 0 N–H and O–H groups in total. The predicted molar refractivity (Wildman–Crippen MR) is 118 cm³/mol. The lowest BCUT2D eigenvalue weighted by Gasteiger charge is -2.41. The van der Waals surface area contributed by atoms with Crippen LogP contribution in [0.2, 0.25) is 0 Å². The van der Waals surface area contributed by atoms with E-state index in [0.717, 1.165) is 12.3 Å². The molecule has 0 bridgehead atoms. The monoisotopic (exact) mass is 394 g/mol. The van der Waals surface area contributed by atoms with Gasteiger partial charge >= 0.3 is 0 Å². The van der Waals surface area contributed by atoms with E-state index < -0.39 is 6.43 Å². The number of hydrogen-bond donors (Lipinski definition) is 0. The van der Waals surface area contributed by atoms with Crippen LogP contribution < -0.4 is 0 Å². The van der Waals surface area contributed by atoms with Gasteiger partial charge in [0.05, 0.1) is 0 Å². The largest absolute Gasteiger partial charge is 0.238 e. The van der Waals surface area contributed by atoms with Crippen molar-refractivity contribution in [1.82, 2.24) is 0 Å². The van der Waals surface area contributed by atoms with Crippen molar-refractivity contribution in [2.45, 2.75) is 112 Å². The Morgan fingerprint density at radius 2 is 1.71 bits per heavy atom. The predicted octanol–water partition coefficient (Wildman–Crippen LogP) is 8.97. The number of alkyl halides is 2. The van der Waals surface area contributed by atoms with Gasteiger partial charge in [0.25, 0.3) is 0 Å². The number of allylic oxidation sites excluding steroid dienone is 4. The van der Waals surface area contributed by atoms with E-state index in [2.05, 4.69) is 46.8 Å². The quantitative estimate of drug-likeness (QED) is 0.385. The van der Waals surface area contributed by atoms with E-state index in [4.69, 9.17) is 0 Å². The van der Waals surface area contributed by atoms with Gasteiger partial charge in [-0.3, -0.25) is 0 Å². The van der Waals surface area contributed by atoms with Crippen LogP contribution in [0, 0.1) is 29.1 Å². The fourth-order valence-electron chi connectivity index (χ4n) is 5.47. The van der Waals surface area contributed by atoms with E-state index >= 15 is 0 Å². The molecule has 0 aromatic rings. The summed E-state index contributed by atoms with van der Waals surface area (Å²) in [5, 5.41) is 0. The van der Waals surface area contributed by atoms with Crippen LogP contribution in [0.1, 0.15) is 105 Å². The molecule has 0 spiro atoms. The Morgan fingerprint density at radius 1 is 1.00 bits per heavy atom. The molecule has 2 heteroatoms. The van der Waals surface area contributed by atoms with Gasteiger partial charge in [-0.05, 0) is 86.9 Å². The third-order valence-corrected chi connectivity index (χ3v) is 7.74. The number of hydrogen-bond acceptors (Lipinski definition) is 0. The highest BCUT2D eigenvalue weighted by Crippen LogP contribution is 2.47. The second-order valence-corrected chi connectivity index (χ2v) is 10.7. The first-order valence-electron chi connectivity index (χ1n) is 11.9. The Bertz CT molecular complexity index is 529. The van der Waals surface area contributed by atoms with Gasteiger partial charge in [-0.15, -0.1) is 0 Å². The lowest BCUT2D eigenvalue weighted by Crippen LogP contribution is -2.30. The van der Waals surface area contributed by atoms with Crippen molar-refractivity contribution in [3.05, 3.63) is 23.3 Å². The van der Waals surface area contributed by atoms with Crippen LogP contribution in [-0.2, 0) is 0 Å². The second kappa shape index (κ2) is 10.9. The van der Waals surface area contributed by atoms with E-state index in [-0.39, 0.29) is 6.42 Å². The Balaban J connectivity index is 2.00. The van der Waals surface area contributed by atoms with Crippen LogP contribution >= 0.6 is 0 Å². The summed E-state index contributed by atoms with van der Waals surface area (Å²) >= 11 is 0. The molecule has 2 saturated carbocycles. The summed E-state index contributed by atoms with van der Waals surface area (Å²) in [5.41, 5.74) is 3.64. The molecule has 0 nitrogen and oxygen atoms in total. The van der Waals surface area contributed by atoms with Gasteiger partial charge in [-0.1, -0.05) is 64.3 Å². The molecular formula is C26H44F2. The van der Waals surface area contributed by atoms with E-state index in [9.17, 15) is 8.78 Å². The maximum atomic E-state index is 12.5. The van der Waals surface area contributed by atoms with E-state index in [1.165, 1.54) is 51.4 Å². The van der Waals surface area contributed by atoms with E-state index in [0.29, 0.717) is 29.6 Å². The van der Waals surface area contributed by atoms with Gasteiger partial charge in [0.15, 0.2) is 0 Å². The summed E-state index contributed by atoms with van der Waals surface area (Å²) < 4.78 is 25.1. The van der Waals surface area contributed by atoms with Crippen LogP contribution in [0.5, 0.6) is 0 Å². The standard InChI is InChI=1S/C26H44F2/c1-19-8-6-9-22(18-19)13-14-23-10-7-17-26(4,5)24(23)15-11-20(2)21(3)12-16-25(27)28/h13-14,19-21,24-25H,6-12,15-18H2,1-5H3/b22-13-,23-14+. The maximum absolute atomic E-state index is 12.5. The van der Waals surface area contributed by atoms with Gasteiger partial charge in [0, 0.05) is 6.42 Å². The Kier molecular flexibility index (Phi) is 9.22. The highest BCUT2D eigenvalue weighted by atomic mass is 19.3. The van der Waals surface area contributed by atoms with Gasteiger partial charge in [0.1, 0.15) is 0 Å². The van der Waals surface area contributed by atoms with Crippen LogP contribution in [0.25, 0.3) is 0 Å². The topological polar surface area (TPSA) is 0 Å². The van der Waals surface area contributed by atoms with Crippen LogP contribution in [0.3, 0.4) is 0 Å². The van der Waals surface area contributed by atoms with Crippen molar-refractivity contribution in [2.75, 3.05) is 0 Å². The maximum Gasteiger partial charge on any atom is 0.238 e. The smallest absolute Gasteiger partial charge is 0.211 e. The van der Waals surface area contributed by atoms with Crippen molar-refractivity contribution in [2.24, 2.45) is 29.1 Å². The van der Waals surface area contributed by atoms with Crippen molar-refractivity contribution in [3.63, 3.8) is 0 Å². The highest BCUT2D eigenvalue weighted by Gasteiger charge is 2.35. The summed E-state index contributed by atoms with van der Waals surface area (Å²) in [6.07, 6.45) is 15.0. The zero-order valence-electron chi connectivity index (χ0n) is 19.1. The zero-order valence-corrected chi connectivity index (χ0v) is 19.1. The Hall–Kier alpha value is -0.660. The molecule has 2 aliphatic rings. The fourth-order valence-corrected chi connectivity index (χ4v) is 5.47. The molecule has 2 fully saturated rings. The molecule has 28 heavy (non-hydrogen) atoms. The summed E-state index contributed by atoms with van der Waals surface area (Å²) in [5.74, 6) is 2.39. The minimum absolute atomic E-state index is 0.0532. The zero-order chi connectivity index (χ0) is 20.7. The molecule has 0 aromatic heterocycles. The molecule has 4 unspecified atom stereocenters. The van der Waals surface area contributed by atoms with Gasteiger partial charge in [0.2, 0.25) is 6.43 Å². The molecule has 2 aliphatic carbocycles. The lowest BCUT2D eigenvalue weighted by molar-refractivity contribution is 0.120. The second-order valence-electron chi connectivity index (χ2n) is 10.7. The number of halogens is 2. The Labute approximate surface area is 173 Å². The first-order chi connectivity index (χ1) is 13.2. The lowest BCUT2D eigenvalue weighted by atomic mass is 9.64. The van der Waals surface area contributed by atoms with E-state index in [1.54, 1.807) is 11.1 Å². The average molecular weight is 395 g/mol. The molecule has 0 aromatic carbocycles. The summed E-state index contributed by atoms with van der Waals surface area (Å²) in [7, 11) is 0. The van der Waals surface area contributed by atoms with Crippen LogP contribution in [-0.4, -0.2) is 6.43 Å². The summed E-state index contributed by atoms with van der Waals surface area (Å²) in [6.45, 7) is 11.7. The highest BCUT2D eigenvalue weighted by molar-refractivity contribution is 5.23. The van der Waals surface area contributed by atoms with Crippen molar-refractivity contribution in [1.29, 1.82) is 0 Å². The number of rotatable bonds is 8. The van der Waals surface area contributed by atoms with Crippen LogP contribution in [0.4, 0.5) is 8.78 Å². The van der Waals surface area contributed by atoms with Crippen LogP contribution in [0.15, 0.2) is 23.3 Å². The van der Waals surface area contributed by atoms with E-state index in [1.807, 2.05) is 0 Å². The fraction of sp³-hybridized carbons (Fsp3) is 0.846. The van der Waals surface area contributed by atoms with Crippen molar-refractivity contribution in [3.8, 4) is 0 Å². The molecule has 0 radical (unpaired) electrons. The molecule has 0 heterocycles. The molecular weight excluding hydrogens is 350 g/mol. The van der Waals surface area contributed by atoms with Crippen molar-refractivity contribution >= 4 is 0 Å². The van der Waals surface area contributed by atoms with Gasteiger partial charge in [-0.2, -0.15) is 0 Å². The molecule has 4 atom stereocenters. The first kappa shape index (κ1) is 23.6. The summed E-state index contributed by atoms with van der Waals surface area (Å²) in [6, 6.07) is 0. The molecule has 0 saturated heterocycles. The molecule has 2 rings (SSSR count). The third-order valence-electron chi connectivity index (χ3n) is 7.74. The Morgan fingerprint density at radius 3 is 2.39 bits per heavy atom. The molecule has 0 aliphatic heterocycles. The minimum atomic E-state index is -2.16. The van der Waals surface area contributed by atoms with Crippen molar-refractivity contribution < 1.29 is 8.78 Å².